The van der Waals surface area contributed by atoms with E-state index in [9.17, 15) is 4.39 Å². The molecule has 2 heterocycles. The minimum atomic E-state index is -0.352. The largest absolute Gasteiger partial charge is 0.339 e. The zero-order valence-electron chi connectivity index (χ0n) is 10.4. The van der Waals surface area contributed by atoms with Gasteiger partial charge >= 0.3 is 0 Å². The first-order chi connectivity index (χ1) is 9.08. The second kappa shape index (κ2) is 4.58. The van der Waals surface area contributed by atoms with Crippen molar-refractivity contribution in [1.82, 2.24) is 15.5 Å². The van der Waals surface area contributed by atoms with Gasteiger partial charge in [0, 0.05) is 30.1 Å². The number of rotatable bonds is 3. The van der Waals surface area contributed by atoms with Crippen molar-refractivity contribution in [3.05, 3.63) is 46.3 Å². The van der Waals surface area contributed by atoms with Gasteiger partial charge in [-0.25, -0.2) is 4.39 Å². The monoisotopic (exact) mass is 281 g/mol. The van der Waals surface area contributed by atoms with E-state index in [4.69, 9.17) is 16.1 Å². The maximum Gasteiger partial charge on any atom is 0.235 e. The first kappa shape index (κ1) is 12.6. The Bertz CT molecular complexity index is 589. The molecule has 6 heteroatoms. The molecule has 1 N–H and O–H groups in total. The van der Waals surface area contributed by atoms with Crippen molar-refractivity contribution in [2.45, 2.75) is 18.8 Å². The Morgan fingerprint density at radius 3 is 2.89 bits per heavy atom. The molecule has 0 saturated carbocycles. The maximum atomic E-state index is 13.7. The maximum absolute atomic E-state index is 13.7. The second-order valence-electron chi connectivity index (χ2n) is 5.06. The van der Waals surface area contributed by atoms with Crippen LogP contribution in [0.3, 0.4) is 0 Å². The number of benzene rings is 1. The molecule has 3 rings (SSSR count). The zero-order valence-corrected chi connectivity index (χ0v) is 11.2. The molecule has 100 valence electrons. The van der Waals surface area contributed by atoms with Gasteiger partial charge in [-0.2, -0.15) is 4.98 Å². The fourth-order valence-corrected chi connectivity index (χ4v) is 2.31. The fraction of sp³-hybridized carbons (Fsp3) is 0.385. The molecule has 1 fully saturated rings. The molecule has 0 amide bonds. The van der Waals surface area contributed by atoms with E-state index in [-0.39, 0.29) is 17.7 Å². The molecule has 1 aliphatic rings. The van der Waals surface area contributed by atoms with Crippen molar-refractivity contribution in [3.8, 4) is 0 Å². The van der Waals surface area contributed by atoms with E-state index >= 15 is 0 Å². The number of halogens is 2. The topological polar surface area (TPSA) is 51.0 Å². The van der Waals surface area contributed by atoms with Gasteiger partial charge in [-0.1, -0.05) is 22.8 Å². The predicted molar refractivity (Wildman–Crippen MR) is 68.7 cm³/mol. The van der Waals surface area contributed by atoms with Crippen LogP contribution in [0.15, 0.2) is 22.7 Å². The van der Waals surface area contributed by atoms with Crippen molar-refractivity contribution in [1.29, 1.82) is 0 Å². The summed E-state index contributed by atoms with van der Waals surface area (Å²) in [5.41, 5.74) is 0.290. The summed E-state index contributed by atoms with van der Waals surface area (Å²) in [6, 6.07) is 4.60. The highest BCUT2D eigenvalue weighted by molar-refractivity contribution is 6.31. The van der Waals surface area contributed by atoms with Crippen molar-refractivity contribution in [3.63, 3.8) is 0 Å². The molecular weight excluding hydrogens is 269 g/mol. The van der Waals surface area contributed by atoms with E-state index in [2.05, 4.69) is 22.4 Å². The third-order valence-corrected chi connectivity index (χ3v) is 3.77. The first-order valence-corrected chi connectivity index (χ1v) is 6.43. The van der Waals surface area contributed by atoms with Crippen LogP contribution in [0.5, 0.6) is 0 Å². The molecule has 1 aliphatic heterocycles. The van der Waals surface area contributed by atoms with Crippen LogP contribution in [0, 0.1) is 5.82 Å². The number of hydrogen-bond donors (Lipinski definition) is 1. The van der Waals surface area contributed by atoms with E-state index < -0.39 is 0 Å². The van der Waals surface area contributed by atoms with Crippen LogP contribution in [-0.4, -0.2) is 23.2 Å². The molecule has 1 aromatic heterocycles. The van der Waals surface area contributed by atoms with Crippen LogP contribution in [0.4, 0.5) is 4.39 Å². The average molecular weight is 282 g/mol. The third kappa shape index (κ3) is 2.24. The number of nitrogens with one attached hydrogen (secondary N) is 1. The lowest BCUT2D eigenvalue weighted by Crippen LogP contribution is -2.54. The molecule has 0 unspecified atom stereocenters. The second-order valence-corrected chi connectivity index (χ2v) is 5.46. The van der Waals surface area contributed by atoms with Crippen LogP contribution in [0.1, 0.15) is 24.2 Å². The summed E-state index contributed by atoms with van der Waals surface area (Å²) in [6.07, 6.45) is 0.235. The van der Waals surface area contributed by atoms with Crippen LogP contribution >= 0.6 is 11.6 Å². The van der Waals surface area contributed by atoms with Gasteiger partial charge < -0.3 is 9.84 Å². The van der Waals surface area contributed by atoms with Crippen molar-refractivity contribution < 1.29 is 8.91 Å². The molecule has 4 nitrogen and oxygen atoms in total. The first-order valence-electron chi connectivity index (χ1n) is 6.05. The van der Waals surface area contributed by atoms with E-state index in [0.29, 0.717) is 22.3 Å². The summed E-state index contributed by atoms with van der Waals surface area (Å²) in [4.78, 5) is 4.34. The molecule has 0 spiro atoms. The summed E-state index contributed by atoms with van der Waals surface area (Å²) in [5, 5.41) is 7.45. The normalized spacial score (nSPS) is 17.2. The van der Waals surface area contributed by atoms with E-state index in [0.717, 1.165) is 13.1 Å². The number of nitrogens with zero attached hydrogens (tertiary/aromatic N) is 2. The van der Waals surface area contributed by atoms with Crippen LogP contribution in [0.25, 0.3) is 0 Å². The summed E-state index contributed by atoms with van der Waals surface area (Å²) < 4.78 is 18.9. The average Bonchev–Trinajstić information content (AvgIpc) is 2.80. The molecule has 1 aromatic carbocycles. The lowest BCUT2D eigenvalue weighted by atomic mass is 9.84. The smallest absolute Gasteiger partial charge is 0.235 e. The molecule has 2 aromatic rings. The molecular formula is C13H13ClFN3O. The van der Waals surface area contributed by atoms with Gasteiger partial charge in [-0.05, 0) is 19.1 Å². The minimum Gasteiger partial charge on any atom is -0.339 e. The Morgan fingerprint density at radius 1 is 1.47 bits per heavy atom. The fourth-order valence-electron chi connectivity index (χ4n) is 2.08. The SMILES string of the molecule is CC1(c2nc(Cc3c(F)cccc3Cl)no2)CNC1. The molecule has 0 bridgehead atoms. The predicted octanol–water partition coefficient (Wildman–Crippen LogP) is 2.31. The molecule has 0 aliphatic carbocycles. The van der Waals surface area contributed by atoms with Crippen molar-refractivity contribution in [2.24, 2.45) is 0 Å². The van der Waals surface area contributed by atoms with Gasteiger partial charge in [-0.3, -0.25) is 0 Å². The molecule has 0 radical (unpaired) electrons. The van der Waals surface area contributed by atoms with Gasteiger partial charge in [0.1, 0.15) is 5.82 Å². The van der Waals surface area contributed by atoms with Gasteiger partial charge in [0.15, 0.2) is 5.82 Å². The van der Waals surface area contributed by atoms with E-state index in [1.165, 1.54) is 6.07 Å². The van der Waals surface area contributed by atoms with E-state index in [1.807, 2.05) is 0 Å². The number of hydrogen-bond acceptors (Lipinski definition) is 4. The third-order valence-electron chi connectivity index (χ3n) is 3.41. The van der Waals surface area contributed by atoms with Crippen molar-refractivity contribution in [2.75, 3.05) is 13.1 Å². The van der Waals surface area contributed by atoms with Gasteiger partial charge in [0.05, 0.1) is 5.41 Å². The molecule has 19 heavy (non-hydrogen) atoms. The van der Waals surface area contributed by atoms with Crippen LogP contribution in [-0.2, 0) is 11.8 Å². The van der Waals surface area contributed by atoms with E-state index in [1.54, 1.807) is 12.1 Å². The quantitative estimate of drug-likeness (QED) is 0.938. The van der Waals surface area contributed by atoms with Crippen molar-refractivity contribution >= 4 is 11.6 Å². The summed E-state index contributed by atoms with van der Waals surface area (Å²) >= 11 is 5.98. The summed E-state index contributed by atoms with van der Waals surface area (Å²) in [5.74, 6) is 0.694. The standard InChI is InChI=1S/C13H13ClFN3O/c1-13(6-16-7-13)12-17-11(18-19-12)5-8-9(14)3-2-4-10(8)15/h2-4,16H,5-7H2,1H3. The van der Waals surface area contributed by atoms with Gasteiger partial charge in [0.2, 0.25) is 5.89 Å². The lowest BCUT2D eigenvalue weighted by Gasteiger charge is -2.35. The number of aromatic nitrogens is 2. The minimum absolute atomic E-state index is 0.107. The lowest BCUT2D eigenvalue weighted by molar-refractivity contribution is 0.219. The van der Waals surface area contributed by atoms with Crippen LogP contribution < -0.4 is 5.32 Å². The Kier molecular flexibility index (Phi) is 3.03. The Labute approximate surface area is 115 Å². The Hall–Kier alpha value is -1.46. The zero-order chi connectivity index (χ0) is 13.5. The van der Waals surface area contributed by atoms with Gasteiger partial charge in [-0.15, -0.1) is 0 Å². The highest BCUT2D eigenvalue weighted by Gasteiger charge is 2.39. The highest BCUT2D eigenvalue weighted by atomic mass is 35.5. The summed E-state index contributed by atoms with van der Waals surface area (Å²) in [6.45, 7) is 3.68. The Balaban J connectivity index is 1.84. The van der Waals surface area contributed by atoms with Crippen LogP contribution in [0.2, 0.25) is 5.02 Å². The summed E-state index contributed by atoms with van der Waals surface area (Å²) in [7, 11) is 0. The molecule has 0 atom stereocenters. The Morgan fingerprint density at radius 2 is 2.26 bits per heavy atom. The van der Waals surface area contributed by atoms with Gasteiger partial charge in [0.25, 0.3) is 0 Å². The highest BCUT2D eigenvalue weighted by Crippen LogP contribution is 2.27. The molecule has 1 saturated heterocycles.